The monoisotopic (exact) mass is 450 g/mol. The highest BCUT2D eigenvalue weighted by molar-refractivity contribution is 5.96. The van der Waals surface area contributed by atoms with Crippen molar-refractivity contribution in [3.63, 3.8) is 0 Å². The molecule has 1 aliphatic heterocycles. The Balaban J connectivity index is 1.71. The number of benzene rings is 2. The molecule has 0 bridgehead atoms. The molecule has 2 aromatic heterocycles. The summed E-state index contributed by atoms with van der Waals surface area (Å²) in [6.45, 7) is 11.1. The molecule has 0 fully saturated rings. The highest BCUT2D eigenvalue weighted by Gasteiger charge is 2.28. The van der Waals surface area contributed by atoms with Crippen LogP contribution < -0.4 is 5.73 Å². The van der Waals surface area contributed by atoms with Gasteiger partial charge in [0.15, 0.2) is 0 Å². The van der Waals surface area contributed by atoms with Crippen LogP contribution in [0.3, 0.4) is 0 Å². The zero-order valence-electron chi connectivity index (χ0n) is 20.3. The maximum absolute atomic E-state index is 5.67. The van der Waals surface area contributed by atoms with Crippen LogP contribution in [0.5, 0.6) is 0 Å². The minimum absolute atomic E-state index is 0.158. The average molecular weight is 451 g/mol. The van der Waals surface area contributed by atoms with Gasteiger partial charge in [-0.05, 0) is 61.6 Å². The Morgan fingerprint density at radius 3 is 2.32 bits per heavy atom. The molecule has 172 valence electrons. The van der Waals surface area contributed by atoms with E-state index in [-0.39, 0.29) is 17.5 Å². The van der Waals surface area contributed by atoms with E-state index in [1.54, 1.807) is 12.4 Å². The van der Waals surface area contributed by atoms with Crippen LogP contribution in [0.15, 0.2) is 65.9 Å². The summed E-state index contributed by atoms with van der Waals surface area (Å²) in [5.41, 5.74) is 13.0. The quantitative estimate of drug-likeness (QED) is 0.414. The van der Waals surface area contributed by atoms with Crippen LogP contribution >= 0.6 is 0 Å². The molecule has 0 spiro atoms. The van der Waals surface area contributed by atoms with Crippen LogP contribution in [-0.4, -0.2) is 31.8 Å². The second kappa shape index (κ2) is 8.20. The molecule has 34 heavy (non-hydrogen) atoms. The van der Waals surface area contributed by atoms with Gasteiger partial charge in [0.25, 0.3) is 0 Å². The summed E-state index contributed by atoms with van der Waals surface area (Å²) in [5, 5.41) is 0. The molecular formula is C28H30N6. The number of nitrogens with zero attached hydrogens (tertiary/aromatic N) is 5. The zero-order chi connectivity index (χ0) is 24.0. The van der Waals surface area contributed by atoms with E-state index in [1.165, 1.54) is 11.1 Å². The molecule has 0 amide bonds. The number of nitrogen functional groups attached to an aromatic ring is 1. The van der Waals surface area contributed by atoms with E-state index in [4.69, 9.17) is 15.7 Å². The third-order valence-corrected chi connectivity index (χ3v) is 6.26. The van der Waals surface area contributed by atoms with Crippen LogP contribution in [0.25, 0.3) is 39.1 Å². The summed E-state index contributed by atoms with van der Waals surface area (Å²) < 4.78 is 2.34. The Morgan fingerprint density at radius 1 is 0.941 bits per heavy atom. The predicted octanol–water partition coefficient (Wildman–Crippen LogP) is 5.99. The number of hydrogen-bond donors (Lipinski definition) is 1. The van der Waals surface area contributed by atoms with Gasteiger partial charge in [0.2, 0.25) is 5.95 Å². The van der Waals surface area contributed by atoms with E-state index in [9.17, 15) is 0 Å². The molecule has 0 radical (unpaired) electrons. The summed E-state index contributed by atoms with van der Waals surface area (Å²) in [4.78, 5) is 18.2. The van der Waals surface area contributed by atoms with Gasteiger partial charge in [-0.1, -0.05) is 44.2 Å². The molecule has 5 rings (SSSR count). The highest BCUT2D eigenvalue weighted by Crippen LogP contribution is 2.39. The van der Waals surface area contributed by atoms with Crippen LogP contribution in [0.4, 0.5) is 5.95 Å². The first-order valence-electron chi connectivity index (χ1n) is 11.7. The Hall–Kier alpha value is -3.80. The summed E-state index contributed by atoms with van der Waals surface area (Å²) >= 11 is 0. The summed E-state index contributed by atoms with van der Waals surface area (Å²) in [7, 11) is 0. The van der Waals surface area contributed by atoms with Gasteiger partial charge in [0.05, 0.1) is 17.1 Å². The summed E-state index contributed by atoms with van der Waals surface area (Å²) in [6, 6.07) is 15.0. The average Bonchev–Trinajstić information content (AvgIpc) is 3.44. The number of aromatic nitrogens is 4. The molecular weight excluding hydrogens is 420 g/mol. The third-order valence-electron chi connectivity index (χ3n) is 6.26. The molecule has 6 nitrogen and oxygen atoms in total. The van der Waals surface area contributed by atoms with E-state index >= 15 is 0 Å². The lowest BCUT2D eigenvalue weighted by Crippen LogP contribution is -2.23. The Bertz CT molecular complexity index is 1420. The standard InChI is InChI=1S/C28H30N6/c1-17(2)25-21(12-13-30-25)20-8-6-7-9-22(20)26-33-23-14-18(19-15-31-27(29)32-16-19)10-11-24(23)34(26)28(3,4)5/h6-17,25H,1-5H3,(H2,29,31,32). The maximum atomic E-state index is 5.67. The number of aliphatic imine (C=N–C) groups is 1. The fourth-order valence-corrected chi connectivity index (χ4v) is 4.71. The normalized spacial score (nSPS) is 15.9. The molecule has 1 aliphatic rings. The second-order valence-corrected chi connectivity index (χ2v) is 10.1. The first kappa shape index (κ1) is 22.0. The van der Waals surface area contributed by atoms with Crippen LogP contribution in [-0.2, 0) is 5.54 Å². The van der Waals surface area contributed by atoms with E-state index in [1.807, 2.05) is 6.21 Å². The summed E-state index contributed by atoms with van der Waals surface area (Å²) in [5.74, 6) is 1.65. The fraction of sp³-hybridized carbons (Fsp3) is 0.286. The van der Waals surface area contributed by atoms with Gasteiger partial charge < -0.3 is 10.3 Å². The van der Waals surface area contributed by atoms with E-state index < -0.39 is 0 Å². The molecule has 1 atom stereocenters. The number of nitrogens with two attached hydrogens (primary N) is 1. The fourth-order valence-electron chi connectivity index (χ4n) is 4.71. The highest BCUT2D eigenvalue weighted by atomic mass is 15.1. The smallest absolute Gasteiger partial charge is 0.219 e. The molecule has 0 aliphatic carbocycles. The van der Waals surface area contributed by atoms with Gasteiger partial charge in [-0.2, -0.15) is 0 Å². The molecule has 1 unspecified atom stereocenters. The maximum Gasteiger partial charge on any atom is 0.219 e. The molecule has 0 saturated heterocycles. The number of rotatable bonds is 4. The molecule has 4 aromatic rings. The SMILES string of the molecule is CC(C)C1N=CC=C1c1ccccc1-c1nc2cc(-c3cnc(N)nc3)ccc2n1C(C)(C)C. The number of imidazole rings is 1. The van der Waals surface area contributed by atoms with Gasteiger partial charge in [-0.15, -0.1) is 0 Å². The lowest BCUT2D eigenvalue weighted by molar-refractivity contribution is 0.413. The van der Waals surface area contributed by atoms with Gasteiger partial charge in [0.1, 0.15) is 5.82 Å². The van der Waals surface area contributed by atoms with Gasteiger partial charge in [0, 0.05) is 35.3 Å². The van der Waals surface area contributed by atoms with E-state index in [2.05, 4.69) is 97.7 Å². The van der Waals surface area contributed by atoms with Crippen molar-refractivity contribution in [1.29, 1.82) is 0 Å². The van der Waals surface area contributed by atoms with Crippen molar-refractivity contribution < 1.29 is 0 Å². The zero-order valence-corrected chi connectivity index (χ0v) is 20.3. The van der Waals surface area contributed by atoms with Gasteiger partial charge >= 0.3 is 0 Å². The van der Waals surface area contributed by atoms with Crippen molar-refractivity contribution in [3.8, 4) is 22.5 Å². The van der Waals surface area contributed by atoms with Crippen LogP contribution in [0.1, 0.15) is 40.2 Å². The molecule has 3 heterocycles. The largest absolute Gasteiger partial charge is 0.368 e. The van der Waals surface area contributed by atoms with Crippen LogP contribution in [0, 0.1) is 5.92 Å². The summed E-state index contributed by atoms with van der Waals surface area (Å²) in [6.07, 6.45) is 7.58. The predicted molar refractivity (Wildman–Crippen MR) is 141 cm³/mol. The first-order valence-corrected chi connectivity index (χ1v) is 11.7. The Morgan fingerprint density at radius 2 is 1.65 bits per heavy atom. The molecule has 2 aromatic carbocycles. The van der Waals surface area contributed by atoms with Crippen LogP contribution in [0.2, 0.25) is 0 Å². The lowest BCUT2D eigenvalue weighted by atomic mass is 9.89. The minimum Gasteiger partial charge on any atom is -0.368 e. The number of anilines is 1. The first-order chi connectivity index (χ1) is 16.2. The van der Waals surface area contributed by atoms with Crippen molar-refractivity contribution in [3.05, 3.63) is 66.5 Å². The van der Waals surface area contributed by atoms with E-state index in [0.29, 0.717) is 5.92 Å². The van der Waals surface area contributed by atoms with Gasteiger partial charge in [-0.25, -0.2) is 15.0 Å². The topological polar surface area (TPSA) is 82.0 Å². The van der Waals surface area contributed by atoms with Crippen molar-refractivity contribution in [1.82, 2.24) is 19.5 Å². The van der Waals surface area contributed by atoms with Crippen molar-refractivity contribution in [2.24, 2.45) is 10.9 Å². The third kappa shape index (κ3) is 3.79. The number of hydrogen-bond acceptors (Lipinski definition) is 5. The minimum atomic E-state index is -0.166. The number of fused-ring (bicyclic) bond motifs is 1. The Labute approximate surface area is 200 Å². The number of allylic oxidation sites excluding steroid dienone is 1. The lowest BCUT2D eigenvalue weighted by Gasteiger charge is -2.26. The van der Waals surface area contributed by atoms with Crippen molar-refractivity contribution in [2.75, 3.05) is 5.73 Å². The van der Waals surface area contributed by atoms with Crippen molar-refractivity contribution in [2.45, 2.75) is 46.2 Å². The molecule has 0 saturated carbocycles. The second-order valence-electron chi connectivity index (χ2n) is 10.1. The van der Waals surface area contributed by atoms with Gasteiger partial charge in [-0.3, -0.25) is 4.99 Å². The molecule has 6 heteroatoms. The van der Waals surface area contributed by atoms with E-state index in [0.717, 1.165) is 33.5 Å². The Kier molecular flexibility index (Phi) is 5.31. The van der Waals surface area contributed by atoms with Crippen molar-refractivity contribution >= 4 is 28.8 Å². The molecule has 2 N–H and O–H groups in total.